The molecule has 0 aliphatic heterocycles. The molecule has 4 nitrogen and oxygen atoms in total. The molecule has 0 bridgehead atoms. The second-order valence-corrected chi connectivity index (χ2v) is 2.20. The fourth-order valence-electron chi connectivity index (χ4n) is 0.617. The quantitative estimate of drug-likeness (QED) is 0.563. The first kappa shape index (κ1) is 6.07. The third-order valence-electron chi connectivity index (χ3n) is 1.15. The highest BCUT2D eigenvalue weighted by atomic mass is 16.5. The van der Waals surface area contributed by atoms with E-state index in [9.17, 15) is 0 Å². The second-order valence-electron chi connectivity index (χ2n) is 2.20. The summed E-state index contributed by atoms with van der Waals surface area (Å²) < 4.78 is 0. The molecule has 0 saturated carbocycles. The molecule has 0 saturated heterocycles. The van der Waals surface area contributed by atoms with Crippen LogP contribution in [-0.4, -0.2) is 20.4 Å². The molecular weight excluding hydrogens is 118 g/mol. The van der Waals surface area contributed by atoms with Crippen LogP contribution in [-0.2, 0) is 0 Å². The molecule has 1 heterocycles. The molecule has 0 spiro atoms. The Morgan fingerprint density at radius 1 is 1.67 bits per heavy atom. The predicted molar refractivity (Wildman–Crippen MR) is 31.3 cm³/mol. The molecule has 4 heteroatoms. The molecule has 9 heavy (non-hydrogen) atoms. The molecule has 0 fully saturated rings. The van der Waals surface area contributed by atoms with Gasteiger partial charge in [0.25, 0.3) is 0 Å². The van der Waals surface area contributed by atoms with Crippen LogP contribution in [0.1, 0.15) is 25.5 Å². The van der Waals surface area contributed by atoms with Gasteiger partial charge >= 0.3 is 0 Å². The third kappa shape index (κ3) is 1.01. The van der Waals surface area contributed by atoms with E-state index in [2.05, 4.69) is 10.3 Å². The molecule has 0 amide bonds. The molecule has 0 aliphatic rings. The van der Waals surface area contributed by atoms with Crippen molar-refractivity contribution in [1.82, 2.24) is 15.2 Å². The van der Waals surface area contributed by atoms with Crippen LogP contribution in [0.25, 0.3) is 0 Å². The molecule has 1 aromatic heterocycles. The number of rotatable bonds is 1. The number of aromatic nitrogens is 3. The van der Waals surface area contributed by atoms with Crippen molar-refractivity contribution in [2.45, 2.75) is 19.8 Å². The summed E-state index contributed by atoms with van der Waals surface area (Å²) in [5.41, 5.74) is 0.731. The van der Waals surface area contributed by atoms with Crippen LogP contribution in [0, 0.1) is 0 Å². The van der Waals surface area contributed by atoms with Crippen molar-refractivity contribution in [2.24, 2.45) is 0 Å². The minimum atomic E-state index is 0.269. The number of nitrogens with zero attached hydrogens (tertiary/aromatic N) is 3. The van der Waals surface area contributed by atoms with Gasteiger partial charge in [-0.05, 0) is 5.21 Å². The Bertz CT molecular complexity index is 194. The molecular formula is C5H9N3O. The van der Waals surface area contributed by atoms with Crippen LogP contribution >= 0.6 is 0 Å². The summed E-state index contributed by atoms with van der Waals surface area (Å²) in [5.74, 6) is 0.269. The number of hydrogen-bond donors (Lipinski definition) is 1. The average molecular weight is 127 g/mol. The van der Waals surface area contributed by atoms with E-state index < -0.39 is 0 Å². The lowest BCUT2D eigenvalue weighted by Crippen LogP contribution is -2.00. The lowest BCUT2D eigenvalue weighted by atomic mass is 10.2. The first-order valence-corrected chi connectivity index (χ1v) is 2.81. The Balaban J connectivity index is 2.94. The molecule has 1 N–H and O–H groups in total. The minimum absolute atomic E-state index is 0.269. The van der Waals surface area contributed by atoms with Crippen molar-refractivity contribution in [3.8, 4) is 0 Å². The SMILES string of the molecule is CC(C)c1cnnn1O. The summed E-state index contributed by atoms with van der Waals surface area (Å²) in [6, 6.07) is 0. The fraction of sp³-hybridized carbons (Fsp3) is 0.600. The maximum Gasteiger partial charge on any atom is 0.103 e. The molecule has 0 radical (unpaired) electrons. The van der Waals surface area contributed by atoms with Gasteiger partial charge in [0.2, 0.25) is 0 Å². The monoisotopic (exact) mass is 127 g/mol. The van der Waals surface area contributed by atoms with Crippen molar-refractivity contribution in [3.63, 3.8) is 0 Å². The molecule has 50 valence electrons. The van der Waals surface area contributed by atoms with Gasteiger partial charge in [0.1, 0.15) is 5.69 Å². The predicted octanol–water partition coefficient (Wildman–Crippen LogP) is 0.639. The van der Waals surface area contributed by atoms with E-state index in [0.29, 0.717) is 0 Å². The standard InChI is InChI=1S/C5H9N3O/c1-4(2)5-3-6-7-8(5)9/h3-4,9H,1-2H3. The third-order valence-corrected chi connectivity index (χ3v) is 1.15. The van der Waals surface area contributed by atoms with Crippen molar-refractivity contribution in [3.05, 3.63) is 11.9 Å². The Morgan fingerprint density at radius 3 is 2.56 bits per heavy atom. The topological polar surface area (TPSA) is 50.9 Å². The van der Waals surface area contributed by atoms with E-state index in [1.54, 1.807) is 6.20 Å². The molecule has 1 rings (SSSR count). The minimum Gasteiger partial charge on any atom is -0.410 e. The zero-order chi connectivity index (χ0) is 6.85. The van der Waals surface area contributed by atoms with E-state index in [-0.39, 0.29) is 5.92 Å². The summed E-state index contributed by atoms with van der Waals surface area (Å²) in [6.07, 6.45) is 1.55. The van der Waals surface area contributed by atoms with Gasteiger partial charge in [-0.3, -0.25) is 0 Å². The van der Waals surface area contributed by atoms with Gasteiger partial charge in [-0.25, -0.2) is 0 Å². The summed E-state index contributed by atoms with van der Waals surface area (Å²) in [4.78, 5) is 0.796. The highest BCUT2D eigenvalue weighted by molar-refractivity contribution is 4.97. The smallest absolute Gasteiger partial charge is 0.103 e. The molecule has 0 atom stereocenters. The van der Waals surface area contributed by atoms with Crippen LogP contribution in [0.4, 0.5) is 0 Å². The zero-order valence-corrected chi connectivity index (χ0v) is 5.44. The number of hydrogen-bond acceptors (Lipinski definition) is 3. The van der Waals surface area contributed by atoms with Crippen LogP contribution < -0.4 is 0 Å². The first-order chi connectivity index (χ1) is 4.22. The van der Waals surface area contributed by atoms with E-state index in [0.717, 1.165) is 10.5 Å². The van der Waals surface area contributed by atoms with E-state index in [1.807, 2.05) is 13.8 Å². The van der Waals surface area contributed by atoms with E-state index >= 15 is 0 Å². The largest absolute Gasteiger partial charge is 0.410 e. The summed E-state index contributed by atoms with van der Waals surface area (Å²) in [5, 5.41) is 15.7. The van der Waals surface area contributed by atoms with Crippen molar-refractivity contribution in [1.29, 1.82) is 0 Å². The molecule has 1 aromatic rings. The van der Waals surface area contributed by atoms with Gasteiger partial charge in [0, 0.05) is 5.92 Å². The van der Waals surface area contributed by atoms with Crippen molar-refractivity contribution in [2.75, 3.05) is 0 Å². The van der Waals surface area contributed by atoms with Crippen LogP contribution in [0.3, 0.4) is 0 Å². The van der Waals surface area contributed by atoms with Crippen LogP contribution in [0.5, 0.6) is 0 Å². The van der Waals surface area contributed by atoms with Crippen LogP contribution in [0.15, 0.2) is 6.20 Å². The Kier molecular flexibility index (Phi) is 1.38. The maximum absolute atomic E-state index is 8.86. The van der Waals surface area contributed by atoms with Gasteiger partial charge in [0.15, 0.2) is 0 Å². The van der Waals surface area contributed by atoms with Gasteiger partial charge < -0.3 is 5.21 Å². The van der Waals surface area contributed by atoms with Gasteiger partial charge in [-0.15, -0.1) is 5.10 Å². The van der Waals surface area contributed by atoms with Gasteiger partial charge in [0.05, 0.1) is 6.20 Å². The lowest BCUT2D eigenvalue weighted by Gasteiger charge is -1.99. The Hall–Kier alpha value is -1.06. The summed E-state index contributed by atoms with van der Waals surface area (Å²) in [6.45, 7) is 3.93. The average Bonchev–Trinajstić information content (AvgIpc) is 2.13. The lowest BCUT2D eigenvalue weighted by molar-refractivity contribution is 0.132. The van der Waals surface area contributed by atoms with Gasteiger partial charge in [-0.1, -0.05) is 18.7 Å². The highest BCUT2D eigenvalue weighted by Gasteiger charge is 2.04. The first-order valence-electron chi connectivity index (χ1n) is 2.81. The second kappa shape index (κ2) is 2.05. The van der Waals surface area contributed by atoms with E-state index in [1.165, 1.54) is 0 Å². The van der Waals surface area contributed by atoms with Gasteiger partial charge in [-0.2, -0.15) is 0 Å². The Morgan fingerprint density at radius 2 is 2.33 bits per heavy atom. The van der Waals surface area contributed by atoms with Crippen molar-refractivity contribution >= 4 is 0 Å². The fourth-order valence-corrected chi connectivity index (χ4v) is 0.617. The molecule has 0 unspecified atom stereocenters. The molecule has 0 aromatic carbocycles. The normalized spacial score (nSPS) is 10.6. The summed E-state index contributed by atoms with van der Waals surface area (Å²) >= 11 is 0. The maximum atomic E-state index is 8.86. The summed E-state index contributed by atoms with van der Waals surface area (Å²) in [7, 11) is 0. The Labute approximate surface area is 53.1 Å². The zero-order valence-electron chi connectivity index (χ0n) is 5.44. The van der Waals surface area contributed by atoms with Crippen molar-refractivity contribution < 1.29 is 5.21 Å². The highest BCUT2D eigenvalue weighted by Crippen LogP contribution is 2.09. The van der Waals surface area contributed by atoms with Crippen LogP contribution in [0.2, 0.25) is 0 Å². The molecule has 0 aliphatic carbocycles. The van der Waals surface area contributed by atoms with E-state index in [4.69, 9.17) is 5.21 Å².